The van der Waals surface area contributed by atoms with Crippen LogP contribution in [0.15, 0.2) is 29.5 Å². The summed E-state index contributed by atoms with van der Waals surface area (Å²) in [6.07, 6.45) is 3.26. The first kappa shape index (κ1) is 18.8. The molecule has 0 aliphatic carbocycles. The van der Waals surface area contributed by atoms with Crippen molar-refractivity contribution >= 4 is 38.8 Å². The van der Waals surface area contributed by atoms with Gasteiger partial charge in [0.1, 0.15) is 28.1 Å². The summed E-state index contributed by atoms with van der Waals surface area (Å²) in [7, 11) is 0. The van der Waals surface area contributed by atoms with Crippen LogP contribution in [0.1, 0.15) is 36.4 Å². The largest absolute Gasteiger partial charge is 0.380 e. The summed E-state index contributed by atoms with van der Waals surface area (Å²) >= 11 is 1.37. The molecule has 1 saturated heterocycles. The Kier molecular flexibility index (Phi) is 4.55. The topological polar surface area (TPSA) is 116 Å². The highest BCUT2D eigenvalue weighted by molar-refractivity contribution is 7.18. The Hall–Kier alpha value is -3.18. The maximum Gasteiger partial charge on any atom is 0.286 e. The van der Waals surface area contributed by atoms with Crippen molar-refractivity contribution < 1.29 is 9.53 Å². The van der Waals surface area contributed by atoms with Gasteiger partial charge in [-0.3, -0.25) is 14.0 Å². The molecule has 1 N–H and O–H groups in total. The molecule has 1 fully saturated rings. The van der Waals surface area contributed by atoms with Crippen LogP contribution in [0, 0.1) is 0 Å². The maximum absolute atomic E-state index is 13.0. The number of amides is 1. The average molecular weight is 425 g/mol. The zero-order valence-corrected chi connectivity index (χ0v) is 17.2. The smallest absolute Gasteiger partial charge is 0.286 e. The number of pyridine rings is 1. The fourth-order valence-electron chi connectivity index (χ4n) is 3.28. The summed E-state index contributed by atoms with van der Waals surface area (Å²) in [6.45, 7) is 5.05. The molecule has 11 heteroatoms. The van der Waals surface area contributed by atoms with Crippen LogP contribution in [0.5, 0.6) is 0 Å². The number of rotatable bonds is 5. The third-order valence-corrected chi connectivity index (χ3v) is 6.15. The Morgan fingerprint density at radius 2 is 2.20 bits per heavy atom. The fourth-order valence-corrected chi connectivity index (χ4v) is 4.37. The maximum atomic E-state index is 13.0. The van der Waals surface area contributed by atoms with Crippen molar-refractivity contribution in [3.63, 3.8) is 0 Å². The van der Waals surface area contributed by atoms with Gasteiger partial charge in [0.2, 0.25) is 5.91 Å². The number of hydrogen-bond donors (Lipinski definition) is 1. The van der Waals surface area contributed by atoms with E-state index in [4.69, 9.17) is 4.74 Å². The second kappa shape index (κ2) is 7.26. The highest BCUT2D eigenvalue weighted by atomic mass is 32.1. The van der Waals surface area contributed by atoms with Crippen molar-refractivity contribution in [3.05, 3.63) is 45.7 Å². The van der Waals surface area contributed by atoms with Gasteiger partial charge in [-0.1, -0.05) is 13.8 Å². The number of hydrogen-bond acceptors (Lipinski definition) is 8. The SMILES string of the molecule is CC(C)c1nn(CC(=O)Nc2ccc3nncn3c2)c(=O)c2sc(C3COC3)nc12. The van der Waals surface area contributed by atoms with Crippen LogP contribution < -0.4 is 10.9 Å². The summed E-state index contributed by atoms with van der Waals surface area (Å²) in [5.74, 6) is -0.0551. The van der Waals surface area contributed by atoms with Crippen LogP contribution in [-0.2, 0) is 16.1 Å². The lowest BCUT2D eigenvalue weighted by Crippen LogP contribution is -2.30. The molecule has 154 valence electrons. The Balaban J connectivity index is 1.46. The lowest BCUT2D eigenvalue weighted by atomic mass is 10.1. The molecule has 4 aromatic rings. The molecule has 1 amide bonds. The lowest BCUT2D eigenvalue weighted by Gasteiger charge is -2.23. The number of ether oxygens (including phenoxy) is 1. The molecule has 0 radical (unpaired) electrons. The van der Waals surface area contributed by atoms with E-state index < -0.39 is 0 Å². The van der Waals surface area contributed by atoms with Crippen LogP contribution >= 0.6 is 11.3 Å². The number of fused-ring (bicyclic) bond motifs is 2. The molecule has 5 rings (SSSR count). The van der Waals surface area contributed by atoms with Gasteiger partial charge in [0.05, 0.1) is 30.5 Å². The highest BCUT2D eigenvalue weighted by Crippen LogP contribution is 2.32. The van der Waals surface area contributed by atoms with Gasteiger partial charge < -0.3 is 10.1 Å². The van der Waals surface area contributed by atoms with E-state index in [9.17, 15) is 9.59 Å². The van der Waals surface area contributed by atoms with E-state index in [-0.39, 0.29) is 29.8 Å². The fraction of sp³-hybridized carbons (Fsp3) is 0.368. The van der Waals surface area contributed by atoms with Crippen molar-refractivity contribution in [1.82, 2.24) is 29.4 Å². The van der Waals surface area contributed by atoms with Crippen molar-refractivity contribution in [2.75, 3.05) is 18.5 Å². The van der Waals surface area contributed by atoms with Crippen LogP contribution in [-0.4, -0.2) is 48.5 Å². The van der Waals surface area contributed by atoms with Crippen LogP contribution in [0.25, 0.3) is 15.9 Å². The molecule has 4 aromatic heterocycles. The quantitative estimate of drug-likeness (QED) is 0.518. The van der Waals surface area contributed by atoms with Gasteiger partial charge in [0.25, 0.3) is 5.56 Å². The number of thiazole rings is 1. The lowest BCUT2D eigenvalue weighted by molar-refractivity contribution is -0.117. The van der Waals surface area contributed by atoms with Gasteiger partial charge in [-0.2, -0.15) is 5.10 Å². The molecule has 10 nitrogen and oxygen atoms in total. The minimum atomic E-state index is -0.344. The molecule has 30 heavy (non-hydrogen) atoms. The predicted molar refractivity (Wildman–Crippen MR) is 111 cm³/mol. The first-order valence-corrected chi connectivity index (χ1v) is 10.4. The van der Waals surface area contributed by atoms with Crippen molar-refractivity contribution in [1.29, 1.82) is 0 Å². The summed E-state index contributed by atoms with van der Waals surface area (Å²) < 4.78 is 8.72. The van der Waals surface area contributed by atoms with Gasteiger partial charge in [-0.05, 0) is 18.1 Å². The second-order valence-corrected chi connectivity index (χ2v) is 8.56. The zero-order valence-electron chi connectivity index (χ0n) is 16.4. The number of nitrogens with one attached hydrogen (secondary N) is 1. The molecular formula is C19H19N7O3S. The van der Waals surface area contributed by atoms with E-state index in [0.29, 0.717) is 40.5 Å². The molecule has 0 saturated carbocycles. The molecular weight excluding hydrogens is 406 g/mol. The molecule has 0 atom stereocenters. The second-order valence-electron chi connectivity index (χ2n) is 7.53. The van der Waals surface area contributed by atoms with Crippen LogP contribution in [0.4, 0.5) is 5.69 Å². The van der Waals surface area contributed by atoms with Gasteiger partial charge in [0.15, 0.2) is 5.65 Å². The summed E-state index contributed by atoms with van der Waals surface area (Å²) in [6, 6.07) is 3.48. The normalized spacial score (nSPS) is 14.5. The number of nitrogens with zero attached hydrogens (tertiary/aromatic N) is 6. The van der Waals surface area contributed by atoms with Gasteiger partial charge in [-0.25, -0.2) is 9.67 Å². The van der Waals surface area contributed by atoms with Gasteiger partial charge >= 0.3 is 0 Å². The van der Waals surface area contributed by atoms with Crippen molar-refractivity contribution in [3.8, 4) is 0 Å². The molecule has 0 unspecified atom stereocenters. The minimum Gasteiger partial charge on any atom is -0.380 e. The van der Waals surface area contributed by atoms with Gasteiger partial charge in [0, 0.05) is 6.20 Å². The highest BCUT2D eigenvalue weighted by Gasteiger charge is 2.27. The average Bonchev–Trinajstić information content (AvgIpc) is 3.29. The van der Waals surface area contributed by atoms with Crippen LogP contribution in [0.2, 0.25) is 0 Å². The standard InChI is InChI=1S/C19H19N7O3S/c1-10(2)15-16-17(30-18(22-16)11-7-29-8-11)19(28)26(24-15)6-14(27)21-12-3-4-13-23-20-9-25(13)5-12/h3-5,9-11H,6-8H2,1-2H3,(H,21,27). The monoisotopic (exact) mass is 425 g/mol. The van der Waals surface area contributed by atoms with E-state index in [2.05, 4.69) is 25.6 Å². The van der Waals surface area contributed by atoms with E-state index in [0.717, 1.165) is 5.01 Å². The van der Waals surface area contributed by atoms with E-state index in [1.54, 1.807) is 29.1 Å². The Labute approximate surface area is 174 Å². The summed E-state index contributed by atoms with van der Waals surface area (Å²) in [4.78, 5) is 30.3. The minimum absolute atomic E-state index is 0.0612. The molecule has 1 aliphatic rings. The Morgan fingerprint density at radius 1 is 1.37 bits per heavy atom. The zero-order chi connectivity index (χ0) is 20.8. The molecule has 0 aromatic carbocycles. The molecule has 1 aliphatic heterocycles. The predicted octanol–water partition coefficient (Wildman–Crippen LogP) is 1.77. The van der Waals surface area contributed by atoms with E-state index in [1.807, 2.05) is 13.8 Å². The Bertz CT molecular complexity index is 1320. The number of carbonyl (C=O) groups is 1. The van der Waals surface area contributed by atoms with E-state index >= 15 is 0 Å². The Morgan fingerprint density at radius 3 is 2.93 bits per heavy atom. The van der Waals surface area contributed by atoms with Crippen molar-refractivity contribution in [2.24, 2.45) is 0 Å². The van der Waals surface area contributed by atoms with E-state index in [1.165, 1.54) is 16.0 Å². The molecule has 0 bridgehead atoms. The van der Waals surface area contributed by atoms with Crippen LogP contribution in [0.3, 0.4) is 0 Å². The number of carbonyl (C=O) groups excluding carboxylic acids is 1. The first-order valence-electron chi connectivity index (χ1n) is 9.58. The van der Waals surface area contributed by atoms with Gasteiger partial charge in [-0.15, -0.1) is 21.5 Å². The molecule has 0 spiro atoms. The number of anilines is 1. The van der Waals surface area contributed by atoms with Crippen molar-refractivity contribution in [2.45, 2.75) is 32.2 Å². The molecule has 5 heterocycles. The first-order chi connectivity index (χ1) is 14.5. The third kappa shape index (κ3) is 3.25. The third-order valence-electron chi connectivity index (χ3n) is 4.95. The summed E-state index contributed by atoms with van der Waals surface area (Å²) in [5.41, 5.74) is 2.30. The number of aromatic nitrogens is 6. The summed E-state index contributed by atoms with van der Waals surface area (Å²) in [5, 5.41) is 15.9.